The fourth-order valence-electron chi connectivity index (χ4n) is 2.22. The molecule has 5 heteroatoms. The number of anilines is 1. The first-order valence-electron chi connectivity index (χ1n) is 5.79. The average Bonchev–Trinajstić information content (AvgIpc) is 2.27. The number of aromatic nitrogens is 2. The molecule has 1 aliphatic rings. The van der Waals surface area contributed by atoms with Crippen LogP contribution in [-0.2, 0) is 0 Å². The fraction of sp³-hybridized carbons (Fsp3) is 0.636. The molecule has 1 fully saturated rings. The predicted molar refractivity (Wildman–Crippen MR) is 63.3 cm³/mol. The summed E-state index contributed by atoms with van der Waals surface area (Å²) in [6, 6.07) is 1.74. The van der Waals surface area contributed by atoms with E-state index in [9.17, 15) is 4.79 Å². The lowest BCUT2D eigenvalue weighted by Crippen LogP contribution is -2.31. The Balaban J connectivity index is 1.85. The molecule has 1 aromatic heterocycles. The first-order chi connectivity index (χ1) is 7.74. The van der Waals surface area contributed by atoms with Crippen molar-refractivity contribution >= 4 is 5.95 Å². The normalized spacial score (nSPS) is 25.3. The molecular formula is C11H18N4O. The minimum absolute atomic E-state index is 0.127. The highest BCUT2D eigenvalue weighted by Crippen LogP contribution is 2.22. The zero-order chi connectivity index (χ0) is 11.4. The quantitative estimate of drug-likeness (QED) is 0.703. The maximum atomic E-state index is 11.0. The summed E-state index contributed by atoms with van der Waals surface area (Å²) in [7, 11) is 0. The average molecular weight is 222 g/mol. The van der Waals surface area contributed by atoms with Gasteiger partial charge >= 0.3 is 0 Å². The van der Waals surface area contributed by atoms with Crippen LogP contribution in [0.5, 0.6) is 0 Å². The van der Waals surface area contributed by atoms with Gasteiger partial charge in [0.15, 0.2) is 0 Å². The van der Waals surface area contributed by atoms with Gasteiger partial charge in [-0.15, -0.1) is 0 Å². The van der Waals surface area contributed by atoms with E-state index < -0.39 is 0 Å². The van der Waals surface area contributed by atoms with Gasteiger partial charge in [0.05, 0.1) is 0 Å². The summed E-state index contributed by atoms with van der Waals surface area (Å²) >= 11 is 0. The van der Waals surface area contributed by atoms with E-state index in [0.717, 1.165) is 19.4 Å². The Morgan fingerprint density at radius 1 is 1.56 bits per heavy atom. The molecular weight excluding hydrogens is 204 g/mol. The fourth-order valence-corrected chi connectivity index (χ4v) is 2.22. The van der Waals surface area contributed by atoms with E-state index in [4.69, 9.17) is 5.73 Å². The molecule has 1 heterocycles. The van der Waals surface area contributed by atoms with Gasteiger partial charge in [0.2, 0.25) is 5.95 Å². The number of hydrogen-bond acceptors (Lipinski definition) is 4. The molecule has 1 saturated carbocycles. The van der Waals surface area contributed by atoms with Crippen LogP contribution in [0.4, 0.5) is 5.95 Å². The Hall–Kier alpha value is -1.36. The third kappa shape index (κ3) is 3.06. The van der Waals surface area contributed by atoms with Crippen LogP contribution in [0.1, 0.15) is 25.7 Å². The van der Waals surface area contributed by atoms with Gasteiger partial charge in [-0.1, -0.05) is 6.42 Å². The smallest absolute Gasteiger partial charge is 0.252 e. The second-order valence-electron chi connectivity index (χ2n) is 4.46. The van der Waals surface area contributed by atoms with Gasteiger partial charge in [-0.25, -0.2) is 4.98 Å². The van der Waals surface area contributed by atoms with Crippen LogP contribution in [0, 0.1) is 5.92 Å². The molecule has 5 nitrogen and oxygen atoms in total. The van der Waals surface area contributed by atoms with Gasteiger partial charge in [0, 0.05) is 24.8 Å². The molecule has 2 atom stereocenters. The van der Waals surface area contributed by atoms with E-state index in [1.54, 1.807) is 0 Å². The monoisotopic (exact) mass is 222 g/mol. The Morgan fingerprint density at radius 2 is 2.44 bits per heavy atom. The zero-order valence-electron chi connectivity index (χ0n) is 9.28. The SMILES string of the molecule is NC1CCCC(CNc2nccc(=O)[nH]2)C1. The molecule has 0 amide bonds. The lowest BCUT2D eigenvalue weighted by molar-refractivity contribution is 0.334. The Kier molecular flexibility index (Phi) is 3.56. The van der Waals surface area contributed by atoms with Crippen molar-refractivity contribution < 1.29 is 0 Å². The molecule has 16 heavy (non-hydrogen) atoms. The number of hydrogen-bond donors (Lipinski definition) is 3. The molecule has 0 aromatic carbocycles. The molecule has 0 spiro atoms. The van der Waals surface area contributed by atoms with Crippen molar-refractivity contribution in [3.63, 3.8) is 0 Å². The van der Waals surface area contributed by atoms with Gasteiger partial charge in [0.1, 0.15) is 0 Å². The van der Waals surface area contributed by atoms with Crippen LogP contribution in [0.2, 0.25) is 0 Å². The molecule has 0 radical (unpaired) electrons. The van der Waals surface area contributed by atoms with E-state index in [1.807, 2.05) is 0 Å². The third-order valence-electron chi connectivity index (χ3n) is 3.05. The summed E-state index contributed by atoms with van der Waals surface area (Å²) in [5, 5.41) is 3.15. The van der Waals surface area contributed by atoms with Gasteiger partial charge < -0.3 is 11.1 Å². The summed E-state index contributed by atoms with van der Waals surface area (Å²) in [5.74, 6) is 1.14. The van der Waals surface area contributed by atoms with Gasteiger partial charge in [-0.2, -0.15) is 0 Å². The zero-order valence-corrected chi connectivity index (χ0v) is 9.28. The first kappa shape index (κ1) is 11.1. The Labute approximate surface area is 94.5 Å². The predicted octanol–water partition coefficient (Wildman–Crippen LogP) is 0.699. The molecule has 1 aromatic rings. The third-order valence-corrected chi connectivity index (χ3v) is 3.05. The van der Waals surface area contributed by atoms with Crippen molar-refractivity contribution in [1.29, 1.82) is 0 Å². The number of nitrogens with zero attached hydrogens (tertiary/aromatic N) is 1. The summed E-state index contributed by atoms with van der Waals surface area (Å²) in [6.07, 6.45) is 6.11. The molecule has 88 valence electrons. The molecule has 4 N–H and O–H groups in total. The highest BCUT2D eigenvalue weighted by atomic mass is 16.1. The van der Waals surface area contributed by atoms with Crippen molar-refractivity contribution in [3.05, 3.63) is 22.6 Å². The van der Waals surface area contributed by atoms with Crippen LogP contribution in [-0.4, -0.2) is 22.6 Å². The lowest BCUT2D eigenvalue weighted by atomic mass is 9.86. The summed E-state index contributed by atoms with van der Waals surface area (Å²) in [6.45, 7) is 0.834. The maximum absolute atomic E-state index is 11.0. The van der Waals surface area contributed by atoms with E-state index in [1.165, 1.54) is 25.1 Å². The molecule has 0 saturated heterocycles. The highest BCUT2D eigenvalue weighted by molar-refractivity contribution is 5.22. The van der Waals surface area contributed by atoms with Gasteiger partial charge in [-0.05, 0) is 25.2 Å². The van der Waals surface area contributed by atoms with Crippen molar-refractivity contribution in [2.24, 2.45) is 11.7 Å². The van der Waals surface area contributed by atoms with E-state index >= 15 is 0 Å². The van der Waals surface area contributed by atoms with Crippen molar-refractivity contribution in [2.75, 3.05) is 11.9 Å². The van der Waals surface area contributed by atoms with Crippen LogP contribution in [0.15, 0.2) is 17.1 Å². The van der Waals surface area contributed by atoms with Crippen molar-refractivity contribution in [3.8, 4) is 0 Å². The van der Waals surface area contributed by atoms with Crippen molar-refractivity contribution in [2.45, 2.75) is 31.7 Å². The minimum atomic E-state index is -0.127. The van der Waals surface area contributed by atoms with E-state index in [2.05, 4.69) is 15.3 Å². The molecule has 2 unspecified atom stereocenters. The standard InChI is InChI=1S/C11H18N4O/c12-9-3-1-2-8(6-9)7-14-11-13-5-4-10(16)15-11/h4-5,8-9H,1-3,6-7,12H2,(H2,13,14,15,16). The Morgan fingerprint density at radius 3 is 3.19 bits per heavy atom. The lowest BCUT2D eigenvalue weighted by Gasteiger charge is -2.26. The second-order valence-corrected chi connectivity index (χ2v) is 4.46. The number of aromatic amines is 1. The number of nitrogens with one attached hydrogen (secondary N) is 2. The topological polar surface area (TPSA) is 83.8 Å². The van der Waals surface area contributed by atoms with Crippen molar-refractivity contribution in [1.82, 2.24) is 9.97 Å². The van der Waals surface area contributed by atoms with Gasteiger partial charge in [-0.3, -0.25) is 9.78 Å². The summed E-state index contributed by atoms with van der Waals surface area (Å²) in [4.78, 5) is 17.7. The Bertz CT molecular complexity index is 390. The first-order valence-corrected chi connectivity index (χ1v) is 5.79. The minimum Gasteiger partial charge on any atom is -0.355 e. The van der Waals surface area contributed by atoms with Crippen LogP contribution in [0.3, 0.4) is 0 Å². The van der Waals surface area contributed by atoms with Crippen LogP contribution >= 0.6 is 0 Å². The molecule has 2 rings (SSSR count). The molecule has 1 aliphatic carbocycles. The summed E-state index contributed by atoms with van der Waals surface area (Å²) in [5.41, 5.74) is 5.79. The number of rotatable bonds is 3. The number of H-pyrrole nitrogens is 1. The van der Waals surface area contributed by atoms with Crippen LogP contribution < -0.4 is 16.6 Å². The molecule has 0 bridgehead atoms. The maximum Gasteiger partial charge on any atom is 0.252 e. The second kappa shape index (κ2) is 5.12. The van der Waals surface area contributed by atoms with Gasteiger partial charge in [0.25, 0.3) is 5.56 Å². The van der Waals surface area contributed by atoms with Crippen LogP contribution in [0.25, 0.3) is 0 Å². The highest BCUT2D eigenvalue weighted by Gasteiger charge is 2.18. The number of nitrogens with two attached hydrogens (primary N) is 1. The molecule has 0 aliphatic heterocycles. The summed E-state index contributed by atoms with van der Waals surface area (Å²) < 4.78 is 0. The van der Waals surface area contributed by atoms with E-state index in [-0.39, 0.29) is 5.56 Å². The van der Waals surface area contributed by atoms with E-state index in [0.29, 0.717) is 17.9 Å². The largest absolute Gasteiger partial charge is 0.355 e.